The highest BCUT2D eigenvalue weighted by molar-refractivity contribution is 5.98. The van der Waals surface area contributed by atoms with Crippen molar-refractivity contribution < 1.29 is 29.3 Å². The number of hydrogen-bond donors (Lipinski definition) is 1. The highest BCUT2D eigenvalue weighted by atomic mass is 16.5. The van der Waals surface area contributed by atoms with Crippen LogP contribution in [0.25, 0.3) is 0 Å². The highest BCUT2D eigenvalue weighted by Gasteiger charge is 2.15. The zero-order chi connectivity index (χ0) is 17.7. The molecule has 0 spiro atoms. The van der Waals surface area contributed by atoms with E-state index in [1.165, 1.54) is 6.92 Å². The van der Waals surface area contributed by atoms with Crippen LogP contribution in [-0.4, -0.2) is 23.9 Å². The van der Waals surface area contributed by atoms with Gasteiger partial charge in [0.15, 0.2) is 6.10 Å². The van der Waals surface area contributed by atoms with Crippen LogP contribution in [0, 0.1) is 0 Å². The van der Waals surface area contributed by atoms with E-state index in [-0.39, 0.29) is 16.8 Å². The SMILES string of the molecule is C[C@@H](Oc1ccccc1)C(=O)Nc1cc(C(=O)[O-])cc(C(=O)[O-])c1. The molecular weight excluding hydrogens is 314 g/mol. The summed E-state index contributed by atoms with van der Waals surface area (Å²) in [5.41, 5.74) is -0.781. The Morgan fingerprint density at radius 1 is 0.958 bits per heavy atom. The number of carboxylic acid groups (broad SMARTS) is 2. The van der Waals surface area contributed by atoms with Crippen LogP contribution in [-0.2, 0) is 4.79 Å². The molecule has 0 saturated carbocycles. The maximum Gasteiger partial charge on any atom is 0.265 e. The first-order valence-corrected chi connectivity index (χ1v) is 6.97. The molecule has 0 aromatic heterocycles. The van der Waals surface area contributed by atoms with Gasteiger partial charge in [-0.3, -0.25) is 4.79 Å². The molecule has 0 unspecified atom stereocenters. The first-order valence-electron chi connectivity index (χ1n) is 6.97. The normalized spacial score (nSPS) is 11.4. The second kappa shape index (κ2) is 7.28. The number of anilines is 1. The molecule has 0 aliphatic rings. The lowest BCUT2D eigenvalue weighted by molar-refractivity contribution is -0.255. The number of aromatic carboxylic acids is 2. The summed E-state index contributed by atoms with van der Waals surface area (Å²) in [7, 11) is 0. The van der Waals surface area contributed by atoms with Gasteiger partial charge in [0.25, 0.3) is 5.91 Å². The Hall–Kier alpha value is -3.35. The number of benzene rings is 2. The zero-order valence-corrected chi connectivity index (χ0v) is 12.6. The Balaban J connectivity index is 2.15. The summed E-state index contributed by atoms with van der Waals surface area (Å²) in [6, 6.07) is 11.7. The topological polar surface area (TPSA) is 119 Å². The number of para-hydroxylation sites is 1. The average Bonchev–Trinajstić information content (AvgIpc) is 2.55. The smallest absolute Gasteiger partial charge is 0.265 e. The molecule has 0 heterocycles. The Labute approximate surface area is 137 Å². The molecule has 0 radical (unpaired) electrons. The van der Waals surface area contributed by atoms with Gasteiger partial charge in [-0.25, -0.2) is 0 Å². The molecule has 0 bridgehead atoms. The van der Waals surface area contributed by atoms with Crippen molar-refractivity contribution in [2.45, 2.75) is 13.0 Å². The quantitative estimate of drug-likeness (QED) is 0.786. The van der Waals surface area contributed by atoms with E-state index < -0.39 is 23.9 Å². The average molecular weight is 327 g/mol. The number of carbonyl (C=O) groups excluding carboxylic acids is 3. The molecule has 2 aromatic carbocycles. The maximum atomic E-state index is 12.1. The number of rotatable bonds is 6. The van der Waals surface area contributed by atoms with Crippen LogP contribution in [0.2, 0.25) is 0 Å². The summed E-state index contributed by atoms with van der Waals surface area (Å²) in [6.07, 6.45) is -0.884. The van der Waals surface area contributed by atoms with Crippen molar-refractivity contribution in [3.05, 3.63) is 59.7 Å². The van der Waals surface area contributed by atoms with Crippen molar-refractivity contribution in [3.8, 4) is 5.75 Å². The molecule has 7 heteroatoms. The third-order valence-electron chi connectivity index (χ3n) is 3.10. The van der Waals surface area contributed by atoms with E-state index in [1.807, 2.05) is 0 Å². The standard InChI is InChI=1S/C17H15NO6/c1-10(24-14-5-3-2-4-6-14)15(19)18-13-8-11(16(20)21)7-12(9-13)17(22)23/h2-10H,1H3,(H,18,19)(H,20,21)(H,22,23)/p-2/t10-/m1/s1. The van der Waals surface area contributed by atoms with Crippen LogP contribution in [0.1, 0.15) is 27.6 Å². The van der Waals surface area contributed by atoms with Crippen molar-refractivity contribution in [1.29, 1.82) is 0 Å². The molecule has 2 aromatic rings. The van der Waals surface area contributed by atoms with Crippen molar-refractivity contribution in [2.75, 3.05) is 5.32 Å². The molecule has 0 saturated heterocycles. The summed E-state index contributed by atoms with van der Waals surface area (Å²) >= 11 is 0. The van der Waals surface area contributed by atoms with Crippen LogP contribution in [0.15, 0.2) is 48.5 Å². The van der Waals surface area contributed by atoms with Crippen molar-refractivity contribution in [1.82, 2.24) is 0 Å². The molecule has 0 aliphatic heterocycles. The van der Waals surface area contributed by atoms with Gasteiger partial charge in [-0.2, -0.15) is 0 Å². The van der Waals surface area contributed by atoms with Crippen LogP contribution in [0.4, 0.5) is 5.69 Å². The minimum absolute atomic E-state index is 0.00980. The van der Waals surface area contributed by atoms with Crippen LogP contribution >= 0.6 is 0 Å². The van der Waals surface area contributed by atoms with E-state index in [0.717, 1.165) is 18.2 Å². The molecule has 1 N–H and O–H groups in total. The zero-order valence-electron chi connectivity index (χ0n) is 12.6. The fraction of sp³-hybridized carbons (Fsp3) is 0.118. The first-order chi connectivity index (χ1) is 11.4. The largest absolute Gasteiger partial charge is 0.545 e. The van der Waals surface area contributed by atoms with Gasteiger partial charge in [0.1, 0.15) is 5.75 Å². The number of nitrogens with one attached hydrogen (secondary N) is 1. The number of carbonyl (C=O) groups is 3. The lowest BCUT2D eigenvalue weighted by Gasteiger charge is -2.16. The number of ether oxygens (including phenoxy) is 1. The molecule has 7 nitrogen and oxygen atoms in total. The predicted molar refractivity (Wildman–Crippen MR) is 80.3 cm³/mol. The van der Waals surface area contributed by atoms with Gasteiger partial charge in [0.05, 0.1) is 11.9 Å². The lowest BCUT2D eigenvalue weighted by atomic mass is 10.1. The van der Waals surface area contributed by atoms with E-state index in [0.29, 0.717) is 5.75 Å². The molecule has 124 valence electrons. The summed E-state index contributed by atoms with van der Waals surface area (Å²) in [6.45, 7) is 1.50. The summed E-state index contributed by atoms with van der Waals surface area (Å²) < 4.78 is 5.43. The first kappa shape index (κ1) is 17.0. The summed E-state index contributed by atoms with van der Waals surface area (Å²) in [5, 5.41) is 24.3. The third-order valence-corrected chi connectivity index (χ3v) is 3.10. The van der Waals surface area contributed by atoms with E-state index in [2.05, 4.69) is 5.32 Å². The summed E-state index contributed by atoms with van der Waals surface area (Å²) in [4.78, 5) is 34.0. The van der Waals surface area contributed by atoms with E-state index in [9.17, 15) is 24.6 Å². The van der Waals surface area contributed by atoms with Crippen LogP contribution in [0.3, 0.4) is 0 Å². The molecule has 1 atom stereocenters. The van der Waals surface area contributed by atoms with Gasteiger partial charge >= 0.3 is 0 Å². The van der Waals surface area contributed by atoms with E-state index >= 15 is 0 Å². The van der Waals surface area contributed by atoms with Crippen LogP contribution in [0.5, 0.6) is 5.75 Å². The number of carboxylic acids is 2. The Kier molecular flexibility index (Phi) is 5.16. The minimum atomic E-state index is -1.57. The predicted octanol–water partition coefficient (Wildman–Crippen LogP) is -0.180. The van der Waals surface area contributed by atoms with Crippen molar-refractivity contribution >= 4 is 23.5 Å². The van der Waals surface area contributed by atoms with Gasteiger partial charge in [0.2, 0.25) is 0 Å². The lowest BCUT2D eigenvalue weighted by Crippen LogP contribution is -2.31. The van der Waals surface area contributed by atoms with Gasteiger partial charge < -0.3 is 29.9 Å². The fourth-order valence-corrected chi connectivity index (χ4v) is 1.94. The summed E-state index contributed by atoms with van der Waals surface area (Å²) in [5.74, 6) is -3.22. The van der Waals surface area contributed by atoms with Gasteiger partial charge in [-0.05, 0) is 48.4 Å². The molecule has 24 heavy (non-hydrogen) atoms. The molecular formula is C17H13NO6-2. The number of hydrogen-bond acceptors (Lipinski definition) is 6. The Bertz CT molecular complexity index is 740. The van der Waals surface area contributed by atoms with Crippen molar-refractivity contribution in [3.63, 3.8) is 0 Å². The Morgan fingerprint density at radius 3 is 2.00 bits per heavy atom. The molecule has 1 amide bonds. The maximum absolute atomic E-state index is 12.1. The Morgan fingerprint density at radius 2 is 1.50 bits per heavy atom. The van der Waals surface area contributed by atoms with Crippen LogP contribution < -0.4 is 20.3 Å². The van der Waals surface area contributed by atoms with E-state index in [1.54, 1.807) is 30.3 Å². The molecule has 0 aliphatic carbocycles. The molecule has 2 rings (SSSR count). The third kappa shape index (κ3) is 4.33. The molecule has 0 fully saturated rings. The van der Waals surface area contributed by atoms with Gasteiger partial charge in [0, 0.05) is 5.69 Å². The minimum Gasteiger partial charge on any atom is -0.545 e. The van der Waals surface area contributed by atoms with Gasteiger partial charge in [-0.15, -0.1) is 0 Å². The van der Waals surface area contributed by atoms with Crippen molar-refractivity contribution in [2.24, 2.45) is 0 Å². The fourth-order valence-electron chi connectivity index (χ4n) is 1.94. The second-order valence-electron chi connectivity index (χ2n) is 4.94. The van der Waals surface area contributed by atoms with E-state index in [4.69, 9.17) is 4.74 Å². The highest BCUT2D eigenvalue weighted by Crippen LogP contribution is 2.16. The number of amides is 1. The van der Waals surface area contributed by atoms with Gasteiger partial charge in [-0.1, -0.05) is 18.2 Å². The second-order valence-corrected chi connectivity index (χ2v) is 4.94. The monoisotopic (exact) mass is 327 g/mol.